The molecule has 0 spiro atoms. The third-order valence-corrected chi connectivity index (χ3v) is 4.01. The van der Waals surface area contributed by atoms with Crippen LogP contribution in [0.15, 0.2) is 27.2 Å². The summed E-state index contributed by atoms with van der Waals surface area (Å²) < 4.78 is 11.7. The van der Waals surface area contributed by atoms with Crippen LogP contribution in [0.2, 0.25) is 0 Å². The van der Waals surface area contributed by atoms with Gasteiger partial charge in [0.05, 0.1) is 12.2 Å². The zero-order valence-corrected chi connectivity index (χ0v) is 13.2. The molecular formula is C14H16BrN3O3. The second-order valence-corrected chi connectivity index (χ2v) is 5.79. The summed E-state index contributed by atoms with van der Waals surface area (Å²) in [4.78, 5) is 6.64. The summed E-state index contributed by atoms with van der Waals surface area (Å²) in [5.41, 5.74) is 0.514. The van der Waals surface area contributed by atoms with E-state index in [1.54, 1.807) is 12.1 Å². The molecule has 2 aromatic rings. The number of morpholine rings is 1. The summed E-state index contributed by atoms with van der Waals surface area (Å²) in [7, 11) is 0. The fraction of sp³-hybridized carbons (Fsp3) is 0.429. The van der Waals surface area contributed by atoms with Crippen molar-refractivity contribution in [3.63, 3.8) is 0 Å². The summed E-state index contributed by atoms with van der Waals surface area (Å²) in [6, 6.07) is 5.14. The molecule has 0 bridgehead atoms. The molecule has 0 aliphatic carbocycles. The number of halogens is 1. The highest BCUT2D eigenvalue weighted by molar-refractivity contribution is 9.10. The second kappa shape index (κ2) is 6.13. The highest BCUT2D eigenvalue weighted by atomic mass is 79.9. The molecule has 1 aliphatic rings. The fourth-order valence-corrected chi connectivity index (χ4v) is 2.66. The fourth-order valence-electron chi connectivity index (χ4n) is 2.31. The Labute approximate surface area is 130 Å². The van der Waals surface area contributed by atoms with E-state index < -0.39 is 0 Å². The van der Waals surface area contributed by atoms with Crippen molar-refractivity contribution in [3.05, 3.63) is 28.5 Å². The Bertz CT molecular complexity index is 632. The minimum Gasteiger partial charge on any atom is -0.507 e. The molecule has 1 unspecified atom stereocenters. The quantitative estimate of drug-likeness (QED) is 0.914. The smallest absolute Gasteiger partial charge is 0.261 e. The van der Waals surface area contributed by atoms with Crippen LogP contribution in [-0.4, -0.2) is 46.4 Å². The maximum Gasteiger partial charge on any atom is 0.261 e. The van der Waals surface area contributed by atoms with E-state index in [1.165, 1.54) is 0 Å². The summed E-state index contributed by atoms with van der Waals surface area (Å²) in [6.07, 6.45) is -0.186. The average Bonchev–Trinajstić information content (AvgIpc) is 2.97. The van der Waals surface area contributed by atoms with Gasteiger partial charge >= 0.3 is 0 Å². The minimum absolute atomic E-state index is 0.0966. The van der Waals surface area contributed by atoms with Gasteiger partial charge in [0.2, 0.25) is 5.82 Å². The minimum atomic E-state index is -0.186. The largest absolute Gasteiger partial charge is 0.507 e. The van der Waals surface area contributed by atoms with E-state index in [1.807, 2.05) is 6.07 Å². The Morgan fingerprint density at radius 1 is 1.48 bits per heavy atom. The van der Waals surface area contributed by atoms with Gasteiger partial charge in [0.1, 0.15) is 11.9 Å². The van der Waals surface area contributed by atoms with E-state index in [0.29, 0.717) is 23.9 Å². The van der Waals surface area contributed by atoms with Crippen molar-refractivity contribution in [2.75, 3.05) is 26.2 Å². The monoisotopic (exact) mass is 353 g/mol. The van der Waals surface area contributed by atoms with Crippen molar-refractivity contribution in [2.24, 2.45) is 0 Å². The van der Waals surface area contributed by atoms with Crippen LogP contribution in [0.4, 0.5) is 0 Å². The number of hydrogen-bond acceptors (Lipinski definition) is 6. The lowest BCUT2D eigenvalue weighted by Crippen LogP contribution is -2.38. The van der Waals surface area contributed by atoms with Crippen LogP contribution in [0.5, 0.6) is 5.75 Å². The normalized spacial score (nSPS) is 19.8. The number of ether oxygens (including phenoxy) is 1. The lowest BCUT2D eigenvalue weighted by Gasteiger charge is -2.30. The van der Waals surface area contributed by atoms with Gasteiger partial charge in [-0.25, -0.2) is 0 Å². The number of nitrogens with zero attached hydrogens (tertiary/aromatic N) is 3. The van der Waals surface area contributed by atoms with Gasteiger partial charge in [-0.15, -0.1) is 0 Å². The second-order valence-electron chi connectivity index (χ2n) is 4.87. The number of phenolic OH excluding ortho intramolecular Hbond substituents is 1. The lowest BCUT2D eigenvalue weighted by atomic mass is 10.2. The number of aromatic nitrogens is 2. The van der Waals surface area contributed by atoms with Crippen molar-refractivity contribution in [1.29, 1.82) is 0 Å². The Kier molecular flexibility index (Phi) is 4.23. The molecule has 6 nitrogen and oxygen atoms in total. The first kappa shape index (κ1) is 14.5. The van der Waals surface area contributed by atoms with Crippen LogP contribution in [0.3, 0.4) is 0 Å². The molecule has 1 atom stereocenters. The number of hydrogen-bond donors (Lipinski definition) is 1. The van der Waals surface area contributed by atoms with E-state index >= 15 is 0 Å². The molecule has 0 amide bonds. The van der Waals surface area contributed by atoms with Gasteiger partial charge in [0, 0.05) is 17.6 Å². The van der Waals surface area contributed by atoms with Gasteiger partial charge in [-0.3, -0.25) is 4.90 Å². The highest BCUT2D eigenvalue weighted by Gasteiger charge is 2.26. The first-order valence-corrected chi connectivity index (χ1v) is 7.63. The molecule has 112 valence electrons. The Hall–Kier alpha value is -1.44. The molecule has 1 saturated heterocycles. The van der Waals surface area contributed by atoms with Crippen LogP contribution < -0.4 is 0 Å². The summed E-state index contributed by atoms with van der Waals surface area (Å²) in [5.74, 6) is 0.914. The molecular weight excluding hydrogens is 338 g/mol. The van der Waals surface area contributed by atoms with Gasteiger partial charge in [-0.2, -0.15) is 4.98 Å². The number of likely N-dealkylation sites (N-methyl/N-ethyl adjacent to an activating group) is 1. The molecule has 0 radical (unpaired) electrons. The average molecular weight is 354 g/mol. The van der Waals surface area contributed by atoms with Crippen LogP contribution in [-0.2, 0) is 4.74 Å². The molecule has 2 heterocycles. The van der Waals surface area contributed by atoms with Crippen molar-refractivity contribution < 1.29 is 14.4 Å². The topological polar surface area (TPSA) is 71.6 Å². The van der Waals surface area contributed by atoms with E-state index in [4.69, 9.17) is 9.26 Å². The molecule has 3 rings (SSSR count). The van der Waals surface area contributed by atoms with Crippen molar-refractivity contribution in [1.82, 2.24) is 15.0 Å². The number of rotatable bonds is 3. The SMILES string of the molecule is CCN1CCOC(c2noc(-c3ccc(Br)cc3O)n2)C1. The predicted molar refractivity (Wildman–Crippen MR) is 79.9 cm³/mol. The molecule has 1 aliphatic heterocycles. The van der Waals surface area contributed by atoms with Gasteiger partial charge in [-0.05, 0) is 24.7 Å². The lowest BCUT2D eigenvalue weighted by molar-refractivity contribution is -0.0334. The first-order chi connectivity index (χ1) is 10.2. The van der Waals surface area contributed by atoms with Crippen molar-refractivity contribution in [3.8, 4) is 17.2 Å². The van der Waals surface area contributed by atoms with E-state index in [2.05, 4.69) is 37.9 Å². The first-order valence-electron chi connectivity index (χ1n) is 6.84. The zero-order chi connectivity index (χ0) is 14.8. The van der Waals surface area contributed by atoms with Crippen LogP contribution >= 0.6 is 15.9 Å². The molecule has 7 heteroatoms. The molecule has 1 aromatic heterocycles. The summed E-state index contributed by atoms with van der Waals surface area (Å²) in [6.45, 7) is 5.42. The van der Waals surface area contributed by atoms with Gasteiger partial charge in [0.15, 0.2) is 0 Å². The van der Waals surface area contributed by atoms with Crippen molar-refractivity contribution in [2.45, 2.75) is 13.0 Å². The number of aromatic hydroxyl groups is 1. The van der Waals surface area contributed by atoms with Gasteiger partial charge in [-0.1, -0.05) is 28.0 Å². The van der Waals surface area contributed by atoms with Crippen LogP contribution in [0, 0.1) is 0 Å². The number of phenols is 1. The Morgan fingerprint density at radius 3 is 3.10 bits per heavy atom. The van der Waals surface area contributed by atoms with Crippen molar-refractivity contribution >= 4 is 15.9 Å². The number of benzene rings is 1. The third-order valence-electron chi connectivity index (χ3n) is 3.52. The Balaban J connectivity index is 1.83. The maximum absolute atomic E-state index is 9.95. The molecule has 21 heavy (non-hydrogen) atoms. The highest BCUT2D eigenvalue weighted by Crippen LogP contribution is 2.31. The molecule has 1 N–H and O–H groups in total. The van der Waals surface area contributed by atoms with E-state index in [9.17, 15) is 5.11 Å². The van der Waals surface area contributed by atoms with Crippen LogP contribution in [0.1, 0.15) is 18.9 Å². The van der Waals surface area contributed by atoms with Crippen LogP contribution in [0.25, 0.3) is 11.5 Å². The maximum atomic E-state index is 9.95. The summed E-state index contributed by atoms with van der Waals surface area (Å²) in [5, 5.41) is 13.9. The van der Waals surface area contributed by atoms with Gasteiger partial charge in [0.25, 0.3) is 5.89 Å². The predicted octanol–water partition coefficient (Wildman–Crippen LogP) is 2.60. The zero-order valence-electron chi connectivity index (χ0n) is 11.6. The van der Waals surface area contributed by atoms with Gasteiger partial charge < -0.3 is 14.4 Å². The Morgan fingerprint density at radius 2 is 2.33 bits per heavy atom. The van der Waals surface area contributed by atoms with E-state index in [0.717, 1.165) is 24.1 Å². The molecule has 0 saturated carbocycles. The molecule has 1 aromatic carbocycles. The van der Waals surface area contributed by atoms with E-state index in [-0.39, 0.29) is 11.9 Å². The third kappa shape index (κ3) is 3.09. The summed E-state index contributed by atoms with van der Waals surface area (Å²) >= 11 is 3.30. The standard InChI is InChI=1S/C14H16BrN3O3/c1-2-18-5-6-20-12(8-18)13-16-14(21-17-13)10-4-3-9(15)7-11(10)19/h3-4,7,12,19H,2,5-6,8H2,1H3. The molecule has 1 fully saturated rings.